The molecular weight excluding hydrogens is 533 g/mol. The molecule has 0 aliphatic carbocycles. The summed E-state index contributed by atoms with van der Waals surface area (Å²) in [5.41, 5.74) is 1.27. The van der Waals surface area contributed by atoms with Crippen molar-refractivity contribution in [2.75, 3.05) is 59.6 Å². The molecular formula is C23H38IN7O2. The second kappa shape index (κ2) is 15.8. The number of aryl methyl sites for hydroxylation is 1. The predicted molar refractivity (Wildman–Crippen MR) is 142 cm³/mol. The lowest BCUT2D eigenvalue weighted by molar-refractivity contribution is 0.0377. The molecule has 0 radical (unpaired) electrons. The molecule has 0 atom stereocenters. The number of morpholine rings is 1. The first-order valence-corrected chi connectivity index (χ1v) is 11.6. The summed E-state index contributed by atoms with van der Waals surface area (Å²) >= 11 is 0. The van der Waals surface area contributed by atoms with Gasteiger partial charge in [0.25, 0.3) is 0 Å². The molecule has 184 valence electrons. The summed E-state index contributed by atoms with van der Waals surface area (Å²) in [7, 11) is 1.69. The molecule has 33 heavy (non-hydrogen) atoms. The lowest BCUT2D eigenvalue weighted by atomic mass is 10.1. The summed E-state index contributed by atoms with van der Waals surface area (Å²) < 4.78 is 12.7. The molecule has 1 aliphatic rings. The summed E-state index contributed by atoms with van der Waals surface area (Å²) in [4.78, 5) is 7.25. The smallest absolute Gasteiger partial charge is 0.191 e. The molecule has 0 unspecified atom stereocenters. The highest BCUT2D eigenvalue weighted by molar-refractivity contribution is 14.0. The van der Waals surface area contributed by atoms with Gasteiger partial charge in [-0.2, -0.15) is 0 Å². The van der Waals surface area contributed by atoms with Gasteiger partial charge in [-0.1, -0.05) is 19.1 Å². The number of hydrogen-bond donors (Lipinski definition) is 2. The van der Waals surface area contributed by atoms with Gasteiger partial charge in [-0.05, 0) is 30.5 Å². The number of hydrogen-bond acceptors (Lipinski definition) is 6. The van der Waals surface area contributed by atoms with E-state index in [4.69, 9.17) is 14.5 Å². The third kappa shape index (κ3) is 9.85. The normalized spacial score (nSPS) is 14.5. The third-order valence-electron chi connectivity index (χ3n) is 5.53. The Balaban J connectivity index is 0.00000385. The molecule has 2 N–H and O–H groups in total. The Morgan fingerprint density at radius 3 is 2.61 bits per heavy atom. The maximum absolute atomic E-state index is 5.42. The first-order chi connectivity index (χ1) is 15.8. The number of aromatic nitrogens is 3. The second-order valence-electron chi connectivity index (χ2n) is 7.78. The molecule has 0 saturated carbocycles. The molecule has 10 heteroatoms. The molecule has 2 aromatic rings. The van der Waals surface area contributed by atoms with Crippen LogP contribution in [0.25, 0.3) is 0 Å². The van der Waals surface area contributed by atoms with Crippen molar-refractivity contribution in [2.24, 2.45) is 4.99 Å². The fraction of sp³-hybridized carbons (Fsp3) is 0.609. The van der Waals surface area contributed by atoms with Crippen molar-refractivity contribution in [2.45, 2.75) is 32.7 Å². The lowest BCUT2D eigenvalue weighted by Crippen LogP contribution is -2.40. The second-order valence-corrected chi connectivity index (χ2v) is 7.78. The van der Waals surface area contributed by atoms with Gasteiger partial charge in [-0.15, -0.1) is 34.2 Å². The van der Waals surface area contributed by atoms with Crippen LogP contribution >= 0.6 is 24.0 Å². The van der Waals surface area contributed by atoms with Crippen LogP contribution in [0.2, 0.25) is 0 Å². The molecule has 1 saturated heterocycles. The van der Waals surface area contributed by atoms with Crippen LogP contribution in [0.3, 0.4) is 0 Å². The average molecular weight is 572 g/mol. The zero-order valence-electron chi connectivity index (χ0n) is 19.8. The zero-order chi connectivity index (χ0) is 22.4. The van der Waals surface area contributed by atoms with Gasteiger partial charge >= 0.3 is 0 Å². The molecule has 2 heterocycles. The van der Waals surface area contributed by atoms with Crippen molar-refractivity contribution < 1.29 is 9.47 Å². The van der Waals surface area contributed by atoms with Crippen LogP contribution in [0.4, 0.5) is 0 Å². The molecule has 0 bridgehead atoms. The van der Waals surface area contributed by atoms with Crippen molar-refractivity contribution in [1.82, 2.24) is 30.3 Å². The zero-order valence-corrected chi connectivity index (χ0v) is 22.2. The lowest BCUT2D eigenvalue weighted by Gasteiger charge is -2.26. The Hall–Kier alpha value is -1.92. The van der Waals surface area contributed by atoms with Gasteiger partial charge in [0, 0.05) is 52.2 Å². The number of methoxy groups -OCH3 is 1. The molecule has 9 nitrogen and oxygen atoms in total. The average Bonchev–Trinajstić information content (AvgIpc) is 3.30. The van der Waals surface area contributed by atoms with Crippen molar-refractivity contribution in [3.8, 4) is 5.75 Å². The maximum atomic E-state index is 5.42. The van der Waals surface area contributed by atoms with Gasteiger partial charge in [0.05, 0.1) is 20.3 Å². The summed E-state index contributed by atoms with van der Waals surface area (Å²) in [6.07, 6.45) is 4.63. The monoisotopic (exact) mass is 571 g/mol. The van der Waals surface area contributed by atoms with Gasteiger partial charge in [0.15, 0.2) is 5.96 Å². The Morgan fingerprint density at radius 2 is 1.88 bits per heavy atom. The van der Waals surface area contributed by atoms with E-state index in [1.807, 2.05) is 12.1 Å². The Kier molecular flexibility index (Phi) is 13.1. The third-order valence-corrected chi connectivity index (χ3v) is 5.53. The van der Waals surface area contributed by atoms with E-state index < -0.39 is 0 Å². The topological polar surface area (TPSA) is 88.8 Å². The van der Waals surface area contributed by atoms with E-state index in [1.54, 1.807) is 13.4 Å². The van der Waals surface area contributed by atoms with Crippen molar-refractivity contribution >= 4 is 29.9 Å². The molecule has 1 fully saturated rings. The maximum Gasteiger partial charge on any atom is 0.191 e. The van der Waals surface area contributed by atoms with E-state index in [9.17, 15) is 0 Å². The van der Waals surface area contributed by atoms with Crippen LogP contribution < -0.4 is 15.4 Å². The van der Waals surface area contributed by atoms with Crippen molar-refractivity contribution in [3.63, 3.8) is 0 Å². The highest BCUT2D eigenvalue weighted by Gasteiger charge is 2.09. The van der Waals surface area contributed by atoms with Crippen LogP contribution in [0.15, 0.2) is 35.6 Å². The number of ether oxygens (including phenoxy) is 2. The van der Waals surface area contributed by atoms with Crippen LogP contribution in [-0.2, 0) is 24.1 Å². The van der Waals surface area contributed by atoms with Gasteiger partial charge < -0.3 is 24.7 Å². The van der Waals surface area contributed by atoms with Crippen LogP contribution in [0, 0.1) is 0 Å². The number of nitrogens with one attached hydrogen (secondary N) is 2. The van der Waals surface area contributed by atoms with E-state index in [-0.39, 0.29) is 24.0 Å². The largest absolute Gasteiger partial charge is 0.497 e. The van der Waals surface area contributed by atoms with Crippen molar-refractivity contribution in [3.05, 3.63) is 42.0 Å². The minimum atomic E-state index is 0. The first-order valence-electron chi connectivity index (χ1n) is 11.6. The van der Waals surface area contributed by atoms with E-state index in [0.29, 0.717) is 0 Å². The molecule has 1 aromatic carbocycles. The fourth-order valence-electron chi connectivity index (χ4n) is 3.64. The number of halogens is 1. The van der Waals surface area contributed by atoms with E-state index in [0.717, 1.165) is 95.8 Å². The highest BCUT2D eigenvalue weighted by Crippen LogP contribution is 2.11. The summed E-state index contributed by atoms with van der Waals surface area (Å²) in [6, 6.07) is 8.20. The van der Waals surface area contributed by atoms with E-state index >= 15 is 0 Å². The Bertz CT molecular complexity index is 807. The quantitative estimate of drug-likeness (QED) is 0.174. The Morgan fingerprint density at radius 1 is 1.12 bits per heavy atom. The van der Waals surface area contributed by atoms with Crippen LogP contribution in [0.1, 0.15) is 24.7 Å². The van der Waals surface area contributed by atoms with Gasteiger partial charge in [0.2, 0.25) is 0 Å². The molecule has 0 spiro atoms. The number of rotatable bonds is 12. The summed E-state index contributed by atoms with van der Waals surface area (Å²) in [5.74, 6) is 2.74. The number of benzene rings is 1. The summed E-state index contributed by atoms with van der Waals surface area (Å²) in [6.45, 7) is 10.1. The Labute approximate surface area is 214 Å². The van der Waals surface area contributed by atoms with Crippen LogP contribution in [0.5, 0.6) is 5.75 Å². The highest BCUT2D eigenvalue weighted by atomic mass is 127. The van der Waals surface area contributed by atoms with Gasteiger partial charge in [-0.3, -0.25) is 9.89 Å². The molecule has 1 aromatic heterocycles. The van der Waals surface area contributed by atoms with E-state index in [2.05, 4.69) is 49.4 Å². The number of nitrogens with zero attached hydrogens (tertiary/aromatic N) is 5. The van der Waals surface area contributed by atoms with Gasteiger partial charge in [-0.25, -0.2) is 0 Å². The molecule has 3 rings (SSSR count). The van der Waals surface area contributed by atoms with E-state index in [1.165, 1.54) is 5.56 Å². The fourth-order valence-corrected chi connectivity index (χ4v) is 3.64. The molecule has 1 aliphatic heterocycles. The predicted octanol–water partition coefficient (Wildman–Crippen LogP) is 1.97. The minimum Gasteiger partial charge on any atom is -0.497 e. The summed E-state index contributed by atoms with van der Waals surface area (Å²) in [5, 5.41) is 15.1. The molecule has 0 amide bonds. The standard InChI is InChI=1S/C23H37N7O2.HI/c1-3-22-28-27-19-30(22)14-12-26-23(24-10-4-13-29-15-17-32-18-16-29)25-11-9-20-5-7-21(31-2)8-6-20;/h5-8,19H,3-4,9-18H2,1-2H3,(H2,24,25,26);1H. The van der Waals surface area contributed by atoms with Crippen molar-refractivity contribution in [1.29, 1.82) is 0 Å². The van der Waals surface area contributed by atoms with Gasteiger partial charge in [0.1, 0.15) is 17.9 Å². The minimum absolute atomic E-state index is 0. The first kappa shape index (κ1) is 27.3. The number of guanidine groups is 1. The number of aliphatic imine (C=N–C) groups is 1. The van der Waals surface area contributed by atoms with Crippen LogP contribution in [-0.4, -0.2) is 85.2 Å². The SMILES string of the molecule is CCc1nncn1CCNC(=NCCCN1CCOCC1)NCCc1ccc(OC)cc1.I.